The molecule has 1 aromatic rings. The van der Waals surface area contributed by atoms with Crippen LogP contribution in [0.5, 0.6) is 0 Å². The SMILES string of the molecule is CCNC(=NCC(c1ccccc1)N1CCC(C)CC1)NC(C)CCS(C)(=O)=O. The average molecular weight is 423 g/mol. The molecule has 0 amide bonds. The van der Waals surface area contributed by atoms with Crippen molar-refractivity contribution in [2.75, 3.05) is 38.2 Å². The summed E-state index contributed by atoms with van der Waals surface area (Å²) in [5.41, 5.74) is 1.30. The van der Waals surface area contributed by atoms with E-state index in [2.05, 4.69) is 52.8 Å². The van der Waals surface area contributed by atoms with Crippen LogP contribution in [0, 0.1) is 5.92 Å². The third-order valence-electron chi connectivity index (χ3n) is 5.51. The van der Waals surface area contributed by atoms with Crippen molar-refractivity contribution in [3.63, 3.8) is 0 Å². The number of aliphatic imine (C=N–C) groups is 1. The fourth-order valence-corrected chi connectivity index (χ4v) is 4.42. The molecule has 1 aliphatic heterocycles. The minimum atomic E-state index is -2.96. The highest BCUT2D eigenvalue weighted by molar-refractivity contribution is 7.90. The summed E-state index contributed by atoms with van der Waals surface area (Å²) in [4.78, 5) is 7.42. The smallest absolute Gasteiger partial charge is 0.191 e. The van der Waals surface area contributed by atoms with E-state index in [1.807, 2.05) is 13.8 Å². The normalized spacial score (nSPS) is 19.0. The van der Waals surface area contributed by atoms with Gasteiger partial charge in [0.1, 0.15) is 9.84 Å². The maximum atomic E-state index is 11.4. The number of piperidine rings is 1. The Labute approximate surface area is 177 Å². The number of guanidine groups is 1. The lowest BCUT2D eigenvalue weighted by Crippen LogP contribution is -2.44. The van der Waals surface area contributed by atoms with Gasteiger partial charge in [-0.25, -0.2) is 8.42 Å². The van der Waals surface area contributed by atoms with E-state index in [0.717, 1.165) is 31.5 Å². The lowest BCUT2D eigenvalue weighted by molar-refractivity contribution is 0.141. The maximum absolute atomic E-state index is 11.4. The van der Waals surface area contributed by atoms with Crippen LogP contribution in [0.25, 0.3) is 0 Å². The molecule has 2 N–H and O–H groups in total. The van der Waals surface area contributed by atoms with Gasteiger partial charge in [-0.05, 0) is 57.7 Å². The number of hydrogen-bond acceptors (Lipinski definition) is 4. The van der Waals surface area contributed by atoms with Crippen molar-refractivity contribution in [1.82, 2.24) is 15.5 Å². The summed E-state index contributed by atoms with van der Waals surface area (Å²) in [5.74, 6) is 1.72. The van der Waals surface area contributed by atoms with E-state index in [1.54, 1.807) is 0 Å². The fraction of sp³-hybridized carbons (Fsp3) is 0.682. The quantitative estimate of drug-likeness (QED) is 0.473. The van der Waals surface area contributed by atoms with E-state index in [9.17, 15) is 8.42 Å². The molecule has 1 aliphatic rings. The van der Waals surface area contributed by atoms with Gasteiger partial charge in [-0.2, -0.15) is 0 Å². The van der Waals surface area contributed by atoms with Gasteiger partial charge in [0, 0.05) is 18.8 Å². The highest BCUT2D eigenvalue weighted by atomic mass is 32.2. The number of sulfone groups is 1. The molecule has 0 spiro atoms. The second kappa shape index (κ2) is 11.6. The molecule has 2 atom stereocenters. The molecular weight excluding hydrogens is 384 g/mol. The first-order chi connectivity index (χ1) is 13.8. The molecule has 1 heterocycles. The molecule has 2 rings (SSSR count). The zero-order valence-electron chi connectivity index (χ0n) is 18.4. The van der Waals surface area contributed by atoms with Crippen LogP contribution in [-0.2, 0) is 9.84 Å². The van der Waals surface area contributed by atoms with Gasteiger partial charge < -0.3 is 10.6 Å². The summed E-state index contributed by atoms with van der Waals surface area (Å²) in [5, 5.41) is 6.66. The standard InChI is InChI=1S/C22H38N4O2S/c1-5-23-22(25-19(3)13-16-29(4,27)28)24-17-21(20-9-7-6-8-10-20)26-14-11-18(2)12-15-26/h6-10,18-19,21H,5,11-17H2,1-4H3,(H2,23,24,25). The van der Waals surface area contributed by atoms with Crippen LogP contribution in [0.4, 0.5) is 0 Å². The van der Waals surface area contributed by atoms with Gasteiger partial charge in [-0.3, -0.25) is 9.89 Å². The first kappa shape index (κ1) is 23.7. The Bertz CT molecular complexity index is 728. The van der Waals surface area contributed by atoms with Crippen LogP contribution in [0.3, 0.4) is 0 Å². The van der Waals surface area contributed by atoms with Crippen LogP contribution in [-0.4, -0.2) is 63.5 Å². The molecule has 1 aromatic carbocycles. The maximum Gasteiger partial charge on any atom is 0.191 e. The number of nitrogens with zero attached hydrogens (tertiary/aromatic N) is 2. The average Bonchev–Trinajstić information content (AvgIpc) is 2.68. The molecule has 164 valence electrons. The van der Waals surface area contributed by atoms with E-state index in [1.165, 1.54) is 24.7 Å². The predicted octanol–water partition coefficient (Wildman–Crippen LogP) is 2.84. The molecule has 0 aliphatic carbocycles. The summed E-state index contributed by atoms with van der Waals surface area (Å²) in [6.45, 7) is 10.0. The van der Waals surface area contributed by atoms with Crippen molar-refractivity contribution in [3.05, 3.63) is 35.9 Å². The van der Waals surface area contributed by atoms with Crippen molar-refractivity contribution < 1.29 is 8.42 Å². The molecule has 0 radical (unpaired) electrons. The van der Waals surface area contributed by atoms with E-state index in [-0.39, 0.29) is 17.8 Å². The predicted molar refractivity (Wildman–Crippen MR) is 122 cm³/mol. The van der Waals surface area contributed by atoms with Gasteiger partial charge in [-0.1, -0.05) is 37.3 Å². The molecule has 2 unspecified atom stereocenters. The second-order valence-corrected chi connectivity index (χ2v) is 10.6. The lowest BCUT2D eigenvalue weighted by atomic mass is 9.96. The summed E-state index contributed by atoms with van der Waals surface area (Å²) in [7, 11) is -2.96. The Morgan fingerprint density at radius 3 is 2.48 bits per heavy atom. The van der Waals surface area contributed by atoms with Crippen molar-refractivity contribution >= 4 is 15.8 Å². The number of hydrogen-bond donors (Lipinski definition) is 2. The number of rotatable bonds is 9. The molecule has 6 nitrogen and oxygen atoms in total. The zero-order valence-corrected chi connectivity index (χ0v) is 19.2. The van der Waals surface area contributed by atoms with Crippen molar-refractivity contribution in [3.8, 4) is 0 Å². The lowest BCUT2D eigenvalue weighted by Gasteiger charge is -2.36. The zero-order chi connectivity index (χ0) is 21.3. The summed E-state index contributed by atoms with van der Waals surface area (Å²) in [6.07, 6.45) is 4.31. The van der Waals surface area contributed by atoms with Crippen LogP contribution in [0.15, 0.2) is 35.3 Å². The van der Waals surface area contributed by atoms with Gasteiger partial charge in [0.15, 0.2) is 5.96 Å². The Balaban J connectivity index is 2.08. The molecule has 1 fully saturated rings. The second-order valence-electron chi connectivity index (χ2n) is 8.33. The monoisotopic (exact) mass is 422 g/mol. The van der Waals surface area contributed by atoms with Gasteiger partial charge >= 0.3 is 0 Å². The minimum absolute atomic E-state index is 0.0357. The highest BCUT2D eigenvalue weighted by Crippen LogP contribution is 2.27. The molecule has 1 saturated heterocycles. The highest BCUT2D eigenvalue weighted by Gasteiger charge is 2.24. The molecule has 7 heteroatoms. The Kier molecular flexibility index (Phi) is 9.43. The van der Waals surface area contributed by atoms with E-state index in [0.29, 0.717) is 13.0 Å². The molecule has 29 heavy (non-hydrogen) atoms. The summed E-state index contributed by atoms with van der Waals surface area (Å²) in [6, 6.07) is 10.9. The minimum Gasteiger partial charge on any atom is -0.357 e. The topological polar surface area (TPSA) is 73.8 Å². The van der Waals surface area contributed by atoms with Gasteiger partial charge in [-0.15, -0.1) is 0 Å². The largest absolute Gasteiger partial charge is 0.357 e. The van der Waals surface area contributed by atoms with E-state index < -0.39 is 9.84 Å². The number of nitrogens with one attached hydrogen (secondary N) is 2. The third-order valence-corrected chi connectivity index (χ3v) is 6.49. The number of benzene rings is 1. The Morgan fingerprint density at radius 2 is 1.90 bits per heavy atom. The van der Waals surface area contributed by atoms with Crippen molar-refractivity contribution in [1.29, 1.82) is 0 Å². The van der Waals surface area contributed by atoms with E-state index in [4.69, 9.17) is 4.99 Å². The van der Waals surface area contributed by atoms with Crippen LogP contribution in [0.2, 0.25) is 0 Å². The fourth-order valence-electron chi connectivity index (χ4n) is 3.64. The van der Waals surface area contributed by atoms with Crippen LogP contribution in [0.1, 0.15) is 51.6 Å². The third kappa shape index (κ3) is 8.74. The van der Waals surface area contributed by atoms with E-state index >= 15 is 0 Å². The molecule has 0 bridgehead atoms. The summed E-state index contributed by atoms with van der Waals surface area (Å²) >= 11 is 0. The Hall–Kier alpha value is -1.60. The van der Waals surface area contributed by atoms with Gasteiger partial charge in [0.2, 0.25) is 0 Å². The van der Waals surface area contributed by atoms with Crippen molar-refractivity contribution in [2.24, 2.45) is 10.9 Å². The first-order valence-corrected chi connectivity index (χ1v) is 12.9. The molecule has 0 aromatic heterocycles. The molecule has 0 saturated carbocycles. The Morgan fingerprint density at radius 1 is 1.24 bits per heavy atom. The van der Waals surface area contributed by atoms with Crippen LogP contribution < -0.4 is 10.6 Å². The first-order valence-electron chi connectivity index (χ1n) is 10.8. The van der Waals surface area contributed by atoms with Crippen molar-refractivity contribution in [2.45, 2.75) is 52.1 Å². The van der Waals surface area contributed by atoms with Gasteiger partial charge in [0.25, 0.3) is 0 Å². The molecular formula is C22H38N4O2S. The van der Waals surface area contributed by atoms with Crippen LogP contribution >= 0.6 is 0 Å². The summed E-state index contributed by atoms with van der Waals surface area (Å²) < 4.78 is 22.9. The van der Waals surface area contributed by atoms with Gasteiger partial charge in [0.05, 0.1) is 18.3 Å². The number of likely N-dealkylation sites (tertiary alicyclic amines) is 1.